The Hall–Kier alpha value is -1.42. The number of piperazine rings is 1. The molecule has 1 aromatic rings. The lowest BCUT2D eigenvalue weighted by Crippen LogP contribution is -2.49. The van der Waals surface area contributed by atoms with E-state index in [1.165, 1.54) is 10.4 Å². The molecule has 0 N–H and O–H groups in total. The smallest absolute Gasteiger partial charge is 0.244 e. The number of nitriles is 1. The molecule has 0 aliphatic carbocycles. The van der Waals surface area contributed by atoms with Gasteiger partial charge in [-0.1, -0.05) is 26.0 Å². The van der Waals surface area contributed by atoms with Gasteiger partial charge in [-0.3, -0.25) is 0 Å². The number of nitrogens with zero attached hydrogens (tertiary/aromatic N) is 3. The summed E-state index contributed by atoms with van der Waals surface area (Å²) in [5, 5.41) is 9.08. The van der Waals surface area contributed by atoms with Crippen LogP contribution in [-0.4, -0.2) is 50.3 Å². The molecule has 1 saturated heterocycles. The molecule has 6 heteroatoms. The summed E-state index contributed by atoms with van der Waals surface area (Å²) in [6, 6.07) is 8.35. The van der Waals surface area contributed by atoms with Crippen LogP contribution in [0.5, 0.6) is 0 Å². The van der Waals surface area contributed by atoms with E-state index in [0.717, 1.165) is 19.6 Å². The maximum Gasteiger partial charge on any atom is 0.244 e. The minimum atomic E-state index is -3.57. The summed E-state index contributed by atoms with van der Waals surface area (Å²) in [7, 11) is -3.57. The summed E-state index contributed by atoms with van der Waals surface area (Å²) in [5.74, 6) is 0.576. The highest BCUT2D eigenvalue weighted by Crippen LogP contribution is 2.21. The molecule has 0 atom stereocenters. The second kappa shape index (κ2) is 6.56. The zero-order valence-electron chi connectivity index (χ0n) is 12.5. The van der Waals surface area contributed by atoms with Gasteiger partial charge >= 0.3 is 0 Å². The van der Waals surface area contributed by atoms with Crippen LogP contribution in [0.25, 0.3) is 0 Å². The van der Waals surface area contributed by atoms with Crippen molar-refractivity contribution in [3.05, 3.63) is 29.8 Å². The Morgan fingerprint density at radius 3 is 2.38 bits per heavy atom. The molecule has 1 heterocycles. The highest BCUT2D eigenvalue weighted by Gasteiger charge is 2.30. The fourth-order valence-corrected chi connectivity index (χ4v) is 4.16. The number of hydrogen-bond acceptors (Lipinski definition) is 4. The molecular formula is C15H21N3O2S. The second-order valence-corrected chi connectivity index (χ2v) is 7.61. The van der Waals surface area contributed by atoms with Gasteiger partial charge in [0.25, 0.3) is 0 Å². The van der Waals surface area contributed by atoms with E-state index in [1.807, 2.05) is 6.07 Å². The minimum absolute atomic E-state index is 0.116. The molecule has 2 rings (SSSR count). The van der Waals surface area contributed by atoms with Gasteiger partial charge in [0.1, 0.15) is 6.07 Å². The minimum Gasteiger partial charge on any atom is -0.300 e. The third kappa shape index (κ3) is 3.62. The molecule has 21 heavy (non-hydrogen) atoms. The summed E-state index contributed by atoms with van der Waals surface area (Å²) in [5.41, 5.74) is 0.210. The van der Waals surface area contributed by atoms with E-state index >= 15 is 0 Å². The molecule has 0 radical (unpaired) electrons. The van der Waals surface area contributed by atoms with Crippen molar-refractivity contribution in [3.8, 4) is 6.07 Å². The molecule has 1 aromatic carbocycles. The Balaban J connectivity index is 2.14. The molecular weight excluding hydrogens is 286 g/mol. The number of rotatable bonds is 4. The molecule has 1 aliphatic heterocycles. The third-order valence-electron chi connectivity index (χ3n) is 3.58. The number of benzene rings is 1. The number of sulfonamides is 1. The van der Waals surface area contributed by atoms with E-state index < -0.39 is 10.0 Å². The van der Waals surface area contributed by atoms with Gasteiger partial charge in [-0.15, -0.1) is 0 Å². The first kappa shape index (κ1) is 16.0. The Kier molecular flexibility index (Phi) is 4.99. The fraction of sp³-hybridized carbons (Fsp3) is 0.533. The quantitative estimate of drug-likeness (QED) is 0.846. The Labute approximate surface area is 126 Å². The van der Waals surface area contributed by atoms with Crippen LogP contribution in [0.4, 0.5) is 0 Å². The summed E-state index contributed by atoms with van der Waals surface area (Å²) < 4.78 is 26.8. The average Bonchev–Trinajstić information content (AvgIpc) is 2.47. The largest absolute Gasteiger partial charge is 0.300 e. The van der Waals surface area contributed by atoms with Gasteiger partial charge in [0.2, 0.25) is 10.0 Å². The van der Waals surface area contributed by atoms with Crippen molar-refractivity contribution in [2.75, 3.05) is 32.7 Å². The Bertz CT molecular complexity index is 627. The van der Waals surface area contributed by atoms with Crippen LogP contribution in [0.3, 0.4) is 0 Å². The first-order valence-corrected chi connectivity index (χ1v) is 8.61. The topological polar surface area (TPSA) is 64.4 Å². The molecule has 0 saturated carbocycles. The van der Waals surface area contributed by atoms with Crippen LogP contribution in [0.2, 0.25) is 0 Å². The maximum atomic E-state index is 12.7. The SMILES string of the molecule is CC(C)CN1CCN(S(=O)(=O)c2ccccc2C#N)CC1. The average molecular weight is 307 g/mol. The second-order valence-electron chi connectivity index (χ2n) is 5.71. The van der Waals surface area contributed by atoms with E-state index in [2.05, 4.69) is 18.7 Å². The molecule has 1 aliphatic rings. The van der Waals surface area contributed by atoms with Crippen LogP contribution in [0.15, 0.2) is 29.2 Å². The first-order chi connectivity index (χ1) is 9.95. The molecule has 0 bridgehead atoms. The fourth-order valence-electron chi connectivity index (χ4n) is 2.59. The van der Waals surface area contributed by atoms with Gasteiger partial charge < -0.3 is 4.90 Å². The van der Waals surface area contributed by atoms with E-state index in [-0.39, 0.29) is 10.5 Å². The van der Waals surface area contributed by atoms with Gasteiger partial charge in [0, 0.05) is 32.7 Å². The van der Waals surface area contributed by atoms with Crippen molar-refractivity contribution in [2.45, 2.75) is 18.7 Å². The van der Waals surface area contributed by atoms with Gasteiger partial charge in [0.05, 0.1) is 10.5 Å². The van der Waals surface area contributed by atoms with Crippen molar-refractivity contribution in [2.24, 2.45) is 5.92 Å². The molecule has 0 amide bonds. The van der Waals surface area contributed by atoms with E-state index in [4.69, 9.17) is 5.26 Å². The van der Waals surface area contributed by atoms with Crippen LogP contribution in [0.1, 0.15) is 19.4 Å². The van der Waals surface area contributed by atoms with Gasteiger partial charge in [0.15, 0.2) is 0 Å². The molecule has 5 nitrogen and oxygen atoms in total. The predicted octanol–water partition coefficient (Wildman–Crippen LogP) is 1.52. The van der Waals surface area contributed by atoms with Gasteiger partial charge in [-0.2, -0.15) is 9.57 Å². The first-order valence-electron chi connectivity index (χ1n) is 7.17. The van der Waals surface area contributed by atoms with Crippen LogP contribution in [0, 0.1) is 17.2 Å². The highest BCUT2D eigenvalue weighted by molar-refractivity contribution is 7.89. The molecule has 0 aromatic heterocycles. The van der Waals surface area contributed by atoms with Crippen molar-refractivity contribution in [3.63, 3.8) is 0 Å². The van der Waals surface area contributed by atoms with Crippen LogP contribution in [-0.2, 0) is 10.0 Å². The molecule has 114 valence electrons. The van der Waals surface area contributed by atoms with Crippen molar-refractivity contribution < 1.29 is 8.42 Å². The summed E-state index contributed by atoms with van der Waals surface area (Å²) in [6.07, 6.45) is 0. The van der Waals surface area contributed by atoms with Crippen molar-refractivity contribution in [1.29, 1.82) is 5.26 Å². The lowest BCUT2D eigenvalue weighted by molar-refractivity contribution is 0.172. The number of hydrogen-bond donors (Lipinski definition) is 0. The summed E-state index contributed by atoms with van der Waals surface area (Å²) in [6.45, 7) is 7.75. The lowest BCUT2D eigenvalue weighted by atomic mass is 10.2. The van der Waals surface area contributed by atoms with Crippen molar-refractivity contribution >= 4 is 10.0 Å². The lowest BCUT2D eigenvalue weighted by Gasteiger charge is -2.34. The van der Waals surface area contributed by atoms with Gasteiger partial charge in [-0.05, 0) is 18.1 Å². The molecule has 1 fully saturated rings. The molecule has 0 unspecified atom stereocenters. The van der Waals surface area contributed by atoms with Crippen LogP contribution >= 0.6 is 0 Å². The van der Waals surface area contributed by atoms with E-state index in [9.17, 15) is 8.42 Å². The summed E-state index contributed by atoms with van der Waals surface area (Å²) in [4.78, 5) is 2.40. The normalized spacial score (nSPS) is 17.8. The summed E-state index contributed by atoms with van der Waals surface area (Å²) >= 11 is 0. The van der Waals surface area contributed by atoms with Crippen LogP contribution < -0.4 is 0 Å². The van der Waals surface area contributed by atoms with Gasteiger partial charge in [-0.25, -0.2) is 8.42 Å². The van der Waals surface area contributed by atoms with E-state index in [1.54, 1.807) is 18.2 Å². The molecule has 0 spiro atoms. The Morgan fingerprint density at radius 2 is 1.81 bits per heavy atom. The van der Waals surface area contributed by atoms with Crippen molar-refractivity contribution in [1.82, 2.24) is 9.21 Å². The maximum absolute atomic E-state index is 12.7. The predicted molar refractivity (Wildman–Crippen MR) is 81.2 cm³/mol. The zero-order valence-corrected chi connectivity index (χ0v) is 13.3. The van der Waals surface area contributed by atoms with E-state index in [0.29, 0.717) is 19.0 Å². The Morgan fingerprint density at radius 1 is 1.19 bits per heavy atom. The zero-order chi connectivity index (χ0) is 15.5. The highest BCUT2D eigenvalue weighted by atomic mass is 32.2. The third-order valence-corrected chi connectivity index (χ3v) is 5.54. The monoisotopic (exact) mass is 307 g/mol. The standard InChI is InChI=1S/C15H21N3O2S/c1-13(2)12-17-7-9-18(10-8-17)21(19,20)15-6-4-3-5-14(15)11-16/h3-6,13H,7-10,12H2,1-2H3.